The van der Waals surface area contributed by atoms with E-state index in [2.05, 4.69) is 42.0 Å². The summed E-state index contributed by atoms with van der Waals surface area (Å²) in [4.78, 5) is 12.9. The summed E-state index contributed by atoms with van der Waals surface area (Å²) in [5, 5.41) is 22.1. The molecule has 124 valence electrons. The van der Waals surface area contributed by atoms with Gasteiger partial charge in [-0.3, -0.25) is 0 Å². The van der Waals surface area contributed by atoms with E-state index in [-0.39, 0.29) is 12.0 Å². The third-order valence-corrected chi connectivity index (χ3v) is 5.82. The summed E-state index contributed by atoms with van der Waals surface area (Å²) < 4.78 is 0.823. The van der Waals surface area contributed by atoms with Crippen molar-refractivity contribution in [3.63, 3.8) is 0 Å². The van der Waals surface area contributed by atoms with Gasteiger partial charge in [-0.05, 0) is 29.2 Å². The largest absolute Gasteiger partial charge is 0.477 e. The first-order valence-corrected chi connectivity index (χ1v) is 8.83. The zero-order valence-corrected chi connectivity index (χ0v) is 15.7. The number of aromatic carboxylic acids is 1. The van der Waals surface area contributed by atoms with E-state index in [1.54, 1.807) is 0 Å². The predicted molar refractivity (Wildman–Crippen MR) is 97.4 cm³/mol. The summed E-state index contributed by atoms with van der Waals surface area (Å²) in [7, 11) is 0. The minimum atomic E-state index is -0.904. The Bertz CT molecular complexity index is 719. The van der Waals surface area contributed by atoms with Crippen molar-refractivity contribution in [1.82, 2.24) is 0 Å². The van der Waals surface area contributed by atoms with Crippen LogP contribution >= 0.6 is 27.3 Å². The molecule has 0 aliphatic heterocycles. The fourth-order valence-corrected chi connectivity index (χ4v) is 3.75. The maximum Gasteiger partial charge on any atom is 0.346 e. The second kappa shape index (κ2) is 7.03. The van der Waals surface area contributed by atoms with Gasteiger partial charge in [-0.15, -0.1) is 11.3 Å². The van der Waals surface area contributed by atoms with Crippen LogP contribution in [0.1, 0.15) is 46.4 Å². The Hall–Kier alpha value is -1.37. The molecule has 1 heterocycles. The molecule has 0 spiro atoms. The Labute approximate surface area is 148 Å². The molecule has 23 heavy (non-hydrogen) atoms. The lowest BCUT2D eigenvalue weighted by Crippen LogP contribution is -2.08. The van der Waals surface area contributed by atoms with E-state index in [0.717, 1.165) is 26.2 Å². The van der Waals surface area contributed by atoms with Gasteiger partial charge in [0.1, 0.15) is 4.88 Å². The van der Waals surface area contributed by atoms with Crippen molar-refractivity contribution < 1.29 is 15.0 Å². The monoisotopic (exact) mass is 397 g/mol. The minimum Gasteiger partial charge on any atom is -0.477 e. The normalized spacial score (nSPS) is 11.5. The molecule has 2 rings (SSSR count). The lowest BCUT2D eigenvalue weighted by molar-refractivity contribution is 0.0701. The van der Waals surface area contributed by atoms with E-state index in [1.165, 1.54) is 11.3 Å². The molecule has 1 aromatic heterocycles. The summed E-state index contributed by atoms with van der Waals surface area (Å²) in [6, 6.07) is 7.56. The number of carbonyl (C=O) groups is 1. The molecule has 6 heteroatoms. The summed E-state index contributed by atoms with van der Waals surface area (Å²) in [6.07, 6.45) is 0. The topological polar surface area (TPSA) is 69.6 Å². The molecule has 0 amide bonds. The van der Waals surface area contributed by atoms with Crippen LogP contribution in [-0.4, -0.2) is 16.2 Å². The summed E-state index contributed by atoms with van der Waals surface area (Å²) in [6.45, 7) is 6.52. The highest BCUT2D eigenvalue weighted by atomic mass is 79.9. The third-order valence-electron chi connectivity index (χ3n) is 3.49. The molecule has 4 nitrogen and oxygen atoms in total. The number of halogens is 1. The number of anilines is 1. The van der Waals surface area contributed by atoms with Gasteiger partial charge in [0.25, 0.3) is 0 Å². The molecular formula is C17H20BrNO3S. The zero-order chi connectivity index (χ0) is 17.2. The Morgan fingerprint density at radius 1 is 1.35 bits per heavy atom. The number of hydrogen-bond donors (Lipinski definition) is 3. The van der Waals surface area contributed by atoms with Crippen molar-refractivity contribution in [2.24, 2.45) is 0 Å². The lowest BCUT2D eigenvalue weighted by Gasteiger charge is -2.15. The molecule has 0 aliphatic rings. The van der Waals surface area contributed by atoms with Crippen molar-refractivity contribution >= 4 is 38.9 Å². The molecule has 3 N–H and O–H groups in total. The first-order chi connectivity index (χ1) is 10.7. The Kier molecular flexibility index (Phi) is 5.49. The van der Waals surface area contributed by atoms with Gasteiger partial charge >= 0.3 is 5.97 Å². The van der Waals surface area contributed by atoms with Crippen LogP contribution in [-0.2, 0) is 18.6 Å². The number of carboxylic acids is 1. The average Bonchev–Trinajstić information content (AvgIpc) is 2.89. The van der Waals surface area contributed by atoms with Crippen LogP contribution in [0.4, 0.5) is 5.69 Å². The molecule has 0 saturated carbocycles. The average molecular weight is 398 g/mol. The predicted octanol–water partition coefficient (Wildman–Crippen LogP) is 4.61. The van der Waals surface area contributed by atoms with Gasteiger partial charge in [-0.2, -0.15) is 0 Å². The fraction of sp³-hybridized carbons (Fsp3) is 0.353. The maximum absolute atomic E-state index is 11.5. The van der Waals surface area contributed by atoms with Crippen LogP contribution in [0.2, 0.25) is 0 Å². The molecule has 0 fully saturated rings. The fourth-order valence-electron chi connectivity index (χ4n) is 2.19. The van der Waals surface area contributed by atoms with Crippen molar-refractivity contribution in [1.29, 1.82) is 0 Å². The Morgan fingerprint density at radius 3 is 2.61 bits per heavy atom. The SMILES string of the molecule is CC(C)(C)c1cc(CNc2cccc(Br)c2CO)c(C(=O)O)s1. The molecule has 0 radical (unpaired) electrons. The Balaban J connectivity index is 2.29. The first-order valence-electron chi connectivity index (χ1n) is 7.22. The highest BCUT2D eigenvalue weighted by molar-refractivity contribution is 9.10. The van der Waals surface area contributed by atoms with E-state index in [1.807, 2.05) is 24.3 Å². The van der Waals surface area contributed by atoms with Gasteiger partial charge in [-0.1, -0.05) is 42.8 Å². The van der Waals surface area contributed by atoms with E-state index >= 15 is 0 Å². The summed E-state index contributed by atoms with van der Waals surface area (Å²) in [5.41, 5.74) is 2.23. The quantitative estimate of drug-likeness (QED) is 0.688. The molecule has 0 unspecified atom stereocenters. The lowest BCUT2D eigenvalue weighted by atomic mass is 9.94. The van der Waals surface area contributed by atoms with Gasteiger partial charge < -0.3 is 15.5 Å². The highest BCUT2D eigenvalue weighted by Gasteiger charge is 2.22. The molecule has 2 aromatic rings. The maximum atomic E-state index is 11.5. The smallest absolute Gasteiger partial charge is 0.346 e. The minimum absolute atomic E-state index is 0.0842. The van der Waals surface area contributed by atoms with Crippen LogP contribution in [0.15, 0.2) is 28.7 Å². The third kappa shape index (κ3) is 4.13. The number of nitrogens with one attached hydrogen (secondary N) is 1. The number of thiophene rings is 1. The second-order valence-corrected chi connectivity index (χ2v) is 8.20. The van der Waals surface area contributed by atoms with E-state index in [4.69, 9.17) is 0 Å². The van der Waals surface area contributed by atoms with E-state index in [9.17, 15) is 15.0 Å². The number of aliphatic hydroxyl groups excluding tert-OH is 1. The van der Waals surface area contributed by atoms with Crippen LogP contribution in [0.25, 0.3) is 0 Å². The van der Waals surface area contributed by atoms with Crippen molar-refractivity contribution in [3.8, 4) is 0 Å². The molecule has 0 aliphatic carbocycles. The zero-order valence-electron chi connectivity index (χ0n) is 13.3. The van der Waals surface area contributed by atoms with Gasteiger partial charge in [0.15, 0.2) is 0 Å². The van der Waals surface area contributed by atoms with E-state index < -0.39 is 5.97 Å². The van der Waals surface area contributed by atoms with Crippen molar-refractivity contribution in [2.45, 2.75) is 39.3 Å². The van der Waals surface area contributed by atoms with Crippen LogP contribution in [0.5, 0.6) is 0 Å². The van der Waals surface area contributed by atoms with Gasteiger partial charge in [-0.25, -0.2) is 4.79 Å². The first kappa shape index (κ1) is 18.0. The standard InChI is InChI=1S/C17H20BrNO3S/c1-17(2,3)14-7-10(15(23-14)16(21)22)8-19-13-6-4-5-12(18)11(13)9-20/h4-7,19-20H,8-9H2,1-3H3,(H,21,22). The van der Waals surface area contributed by atoms with Crippen molar-refractivity contribution in [2.75, 3.05) is 5.32 Å². The van der Waals surface area contributed by atoms with Gasteiger partial charge in [0.05, 0.1) is 6.61 Å². The molecule has 0 saturated heterocycles. The number of hydrogen-bond acceptors (Lipinski definition) is 4. The molecule has 0 bridgehead atoms. The van der Waals surface area contributed by atoms with Gasteiger partial charge in [0, 0.05) is 27.1 Å². The highest BCUT2D eigenvalue weighted by Crippen LogP contribution is 2.33. The van der Waals surface area contributed by atoms with Crippen LogP contribution in [0, 0.1) is 0 Å². The van der Waals surface area contributed by atoms with Crippen molar-refractivity contribution in [3.05, 3.63) is 49.6 Å². The summed E-state index contributed by atoms with van der Waals surface area (Å²) in [5.74, 6) is -0.904. The van der Waals surface area contributed by atoms with Crippen LogP contribution < -0.4 is 5.32 Å². The number of rotatable bonds is 5. The van der Waals surface area contributed by atoms with Crippen LogP contribution in [0.3, 0.4) is 0 Å². The molecular weight excluding hydrogens is 378 g/mol. The summed E-state index contributed by atoms with van der Waals surface area (Å²) >= 11 is 4.73. The van der Waals surface area contributed by atoms with E-state index in [0.29, 0.717) is 11.4 Å². The second-order valence-electron chi connectivity index (χ2n) is 6.30. The molecule has 0 atom stereocenters. The Morgan fingerprint density at radius 2 is 2.04 bits per heavy atom. The number of aliphatic hydroxyl groups is 1. The molecule has 1 aromatic carbocycles. The number of benzene rings is 1. The number of carboxylic acid groups (broad SMARTS) is 1. The van der Waals surface area contributed by atoms with Gasteiger partial charge in [0.2, 0.25) is 0 Å².